The second kappa shape index (κ2) is 11.5. The molecule has 3 heteroatoms. The average molecular weight is 659 g/mol. The van der Waals surface area contributed by atoms with Crippen molar-refractivity contribution in [2.24, 2.45) is 29.1 Å². The minimum Gasteiger partial charge on any atom is -1.00 e. The van der Waals surface area contributed by atoms with Gasteiger partial charge in [0.25, 0.3) is 0 Å². The average Bonchev–Trinajstić information content (AvgIpc) is 3.43. The van der Waals surface area contributed by atoms with Crippen LogP contribution in [-0.2, 0) is 27.7 Å². The minimum absolute atomic E-state index is 0. The van der Waals surface area contributed by atoms with Crippen molar-refractivity contribution in [3.63, 3.8) is 0 Å². The third kappa shape index (κ3) is 4.87. The van der Waals surface area contributed by atoms with Gasteiger partial charge in [0.2, 0.25) is 0 Å². The van der Waals surface area contributed by atoms with Crippen LogP contribution in [0.1, 0.15) is 72.7 Å². The van der Waals surface area contributed by atoms with Crippen LogP contribution in [0.15, 0.2) is 99.4 Å². The van der Waals surface area contributed by atoms with Gasteiger partial charge >= 0.3 is 244 Å². The Bertz CT molecular complexity index is 1460. The molecule has 6 aliphatic rings. The van der Waals surface area contributed by atoms with Gasteiger partial charge in [0.05, 0.1) is 0 Å². The van der Waals surface area contributed by atoms with Crippen LogP contribution in [0, 0.1) is 29.1 Å². The van der Waals surface area contributed by atoms with Gasteiger partial charge in [0.15, 0.2) is 0 Å². The molecule has 1 unspecified atom stereocenters. The van der Waals surface area contributed by atoms with E-state index in [1.807, 2.05) is 8.85 Å². The van der Waals surface area contributed by atoms with Gasteiger partial charge in [-0.25, -0.2) is 0 Å². The number of hydrogen-bond donors (Lipinski definition) is 0. The Morgan fingerprint density at radius 1 is 0.732 bits per heavy atom. The molecule has 0 nitrogen and oxygen atoms in total. The van der Waals surface area contributed by atoms with E-state index in [9.17, 15) is 0 Å². The van der Waals surface area contributed by atoms with Gasteiger partial charge in [0, 0.05) is 0 Å². The van der Waals surface area contributed by atoms with Crippen molar-refractivity contribution >= 4 is 3.71 Å². The van der Waals surface area contributed by atoms with E-state index >= 15 is 0 Å². The van der Waals surface area contributed by atoms with Crippen molar-refractivity contribution in [1.82, 2.24) is 0 Å². The molecule has 0 spiro atoms. The zero-order valence-corrected chi connectivity index (χ0v) is 28.2. The first-order valence-electron chi connectivity index (χ1n) is 15.5. The van der Waals surface area contributed by atoms with E-state index in [-0.39, 0.29) is 24.8 Å². The summed E-state index contributed by atoms with van der Waals surface area (Å²) in [4.78, 5) is 0. The van der Waals surface area contributed by atoms with Gasteiger partial charge in [-0.15, -0.1) is 0 Å². The summed E-state index contributed by atoms with van der Waals surface area (Å²) in [7, 11) is 0. The van der Waals surface area contributed by atoms with Crippen LogP contribution in [0.4, 0.5) is 0 Å². The predicted molar refractivity (Wildman–Crippen MR) is 160 cm³/mol. The summed E-state index contributed by atoms with van der Waals surface area (Å²) in [5.41, 5.74) is 11.7. The van der Waals surface area contributed by atoms with Crippen molar-refractivity contribution in [3.05, 3.63) is 116 Å². The number of halogens is 2. The van der Waals surface area contributed by atoms with Gasteiger partial charge in [0.1, 0.15) is 0 Å². The monoisotopic (exact) mass is 656 g/mol. The molecular weight excluding hydrogens is 619 g/mol. The third-order valence-corrected chi connectivity index (χ3v) is 18.9. The molecule has 6 aliphatic carbocycles. The maximum atomic E-state index is 2.92. The molecule has 0 saturated heterocycles. The van der Waals surface area contributed by atoms with E-state index in [2.05, 4.69) is 102 Å². The molecule has 0 radical (unpaired) electrons. The zero-order valence-electron chi connectivity index (χ0n) is 24.3. The molecule has 4 saturated carbocycles. The zero-order chi connectivity index (χ0) is 26.1. The van der Waals surface area contributed by atoms with E-state index in [1.54, 1.807) is 16.7 Å². The van der Waals surface area contributed by atoms with Crippen LogP contribution in [0.2, 0.25) is 0 Å². The number of fused-ring (bicyclic) bond motifs is 3. The fraction of sp³-hybridized carbons (Fsp3) is 0.395. The Kier molecular flexibility index (Phi) is 8.30. The topological polar surface area (TPSA) is 0 Å². The number of rotatable bonds is 5. The summed E-state index contributed by atoms with van der Waals surface area (Å²) in [5.74, 6) is 3.56. The van der Waals surface area contributed by atoms with Gasteiger partial charge in [-0.05, 0) is 0 Å². The first-order valence-corrected chi connectivity index (χ1v) is 19.5. The van der Waals surface area contributed by atoms with Crippen molar-refractivity contribution < 1.29 is 46.1 Å². The van der Waals surface area contributed by atoms with Crippen LogP contribution >= 0.6 is 0 Å². The van der Waals surface area contributed by atoms with Gasteiger partial charge in [-0.1, -0.05) is 0 Å². The molecule has 41 heavy (non-hydrogen) atoms. The minimum atomic E-state index is -2.38. The van der Waals surface area contributed by atoms with Gasteiger partial charge < -0.3 is 24.8 Å². The molecule has 9 rings (SSSR count). The maximum Gasteiger partial charge on any atom is -1.00 e. The van der Waals surface area contributed by atoms with Crippen LogP contribution < -0.4 is 24.8 Å². The van der Waals surface area contributed by atoms with Crippen molar-refractivity contribution in [2.45, 2.75) is 62.4 Å². The predicted octanol–water partition coefficient (Wildman–Crippen LogP) is 3.49. The first-order chi connectivity index (χ1) is 19.1. The van der Waals surface area contributed by atoms with Crippen LogP contribution in [0.3, 0.4) is 0 Å². The number of allylic oxidation sites excluding steroid dienone is 4. The molecule has 0 amide bonds. The van der Waals surface area contributed by atoms with Crippen molar-refractivity contribution in [2.75, 3.05) is 0 Å². The summed E-state index contributed by atoms with van der Waals surface area (Å²) in [5, 5.41) is 0. The Hall–Kier alpha value is -1.53. The normalized spacial score (nSPS) is 29.1. The quantitative estimate of drug-likeness (QED) is 0.394. The molecule has 3 aromatic carbocycles. The molecule has 3 aromatic rings. The second-order valence-electron chi connectivity index (χ2n) is 13.6. The third-order valence-electron chi connectivity index (χ3n) is 11.0. The molecular formula is C38H40Cl2Zr. The van der Waals surface area contributed by atoms with Crippen LogP contribution in [0.5, 0.6) is 0 Å². The SMILES string of the molecule is CC1=CC(C)[C](/[Zr+2](=[CH]/Cc2ccccc2)[CH]2c3ccccc3-c3ccccc32)=C1C12CC3CC(CC(C3)C1)C2.[Cl-].[Cl-]. The van der Waals surface area contributed by atoms with Crippen LogP contribution in [0.25, 0.3) is 11.1 Å². The van der Waals surface area contributed by atoms with Gasteiger partial charge in [-0.2, -0.15) is 0 Å². The van der Waals surface area contributed by atoms with E-state index in [0.717, 1.165) is 24.2 Å². The van der Waals surface area contributed by atoms with E-state index in [1.165, 1.54) is 55.2 Å². The van der Waals surface area contributed by atoms with Gasteiger partial charge in [-0.3, -0.25) is 0 Å². The summed E-state index contributed by atoms with van der Waals surface area (Å²) < 4.78 is 5.47. The van der Waals surface area contributed by atoms with E-state index in [4.69, 9.17) is 0 Å². The van der Waals surface area contributed by atoms with Crippen molar-refractivity contribution in [1.29, 1.82) is 0 Å². The second-order valence-corrected chi connectivity index (χ2v) is 19.6. The van der Waals surface area contributed by atoms with Crippen molar-refractivity contribution in [3.8, 4) is 11.1 Å². The van der Waals surface area contributed by atoms with E-state index in [0.29, 0.717) is 15.0 Å². The summed E-state index contributed by atoms with van der Waals surface area (Å²) in [6.45, 7) is 5.04. The fourth-order valence-electron chi connectivity index (χ4n) is 10.2. The summed E-state index contributed by atoms with van der Waals surface area (Å²) in [6.07, 6.45) is 12.8. The molecule has 0 N–H and O–H groups in total. The number of benzene rings is 3. The molecule has 0 aliphatic heterocycles. The van der Waals surface area contributed by atoms with E-state index < -0.39 is 21.3 Å². The summed E-state index contributed by atoms with van der Waals surface area (Å²) in [6, 6.07) is 30.1. The molecule has 4 bridgehead atoms. The largest absolute Gasteiger partial charge is 1.00 e. The first kappa shape index (κ1) is 29.5. The standard InChI is InChI=1S/C17H23.C13H9.C8H8.2ClH.Zr/c1-11-3-12(2)16(4-11)17-8-13-5-14(9-17)7-15(6-13)10-17;1-3-7-12-10(5-1)9-11-6-2-4-8-13(11)12;1-2-8-6-4-3-5-7-8;;;/h3,11,13-15H,5-10H2,1-2H3;1-9H;1,3-7H,2H2;2*1H;/q;;;;;+2/p-2. The molecule has 0 heterocycles. The summed E-state index contributed by atoms with van der Waals surface area (Å²) >= 11 is -2.38. The molecule has 0 aromatic heterocycles. The maximum absolute atomic E-state index is 2.92. The molecule has 4 fully saturated rings. The Morgan fingerprint density at radius 2 is 1.24 bits per heavy atom. The number of hydrogen-bond acceptors (Lipinski definition) is 0. The Labute approximate surface area is 266 Å². The van der Waals surface area contributed by atoms with Crippen LogP contribution in [-0.4, -0.2) is 3.71 Å². The Balaban J connectivity index is 0.00000151. The smallest absolute Gasteiger partial charge is 1.00 e. The Morgan fingerprint density at radius 3 is 1.80 bits per heavy atom. The molecule has 1 atom stereocenters. The fourth-order valence-corrected chi connectivity index (χ4v) is 19.5. The molecule has 210 valence electrons.